The molecular weight excluding hydrogens is 352 g/mol. The smallest absolute Gasteiger partial charge is 0.0626 e. The third-order valence-corrected chi connectivity index (χ3v) is 4.78. The number of benzene rings is 4. The van der Waals surface area contributed by atoms with Crippen molar-refractivity contribution in [1.82, 2.24) is 0 Å². The van der Waals surface area contributed by atoms with Crippen LogP contribution in [0.5, 0.6) is 0 Å². The van der Waals surface area contributed by atoms with Crippen molar-refractivity contribution in [2.75, 3.05) is 4.90 Å². The van der Waals surface area contributed by atoms with Crippen molar-refractivity contribution in [3.8, 4) is 11.1 Å². The first kappa shape index (κ1) is 18.7. The van der Waals surface area contributed by atoms with Crippen molar-refractivity contribution in [3.05, 3.63) is 109 Å². The van der Waals surface area contributed by atoms with E-state index in [1.807, 2.05) is 18.3 Å². The van der Waals surface area contributed by atoms with Gasteiger partial charge >= 0.3 is 0 Å². The Morgan fingerprint density at radius 2 is 1.03 bits per heavy atom. The molecule has 4 rings (SSSR count). The van der Waals surface area contributed by atoms with E-state index in [-0.39, 0.29) is 0 Å². The van der Waals surface area contributed by atoms with Crippen molar-refractivity contribution in [2.45, 2.75) is 13.3 Å². The lowest BCUT2D eigenvalue weighted by Crippen LogP contribution is -2.09. The summed E-state index contributed by atoms with van der Waals surface area (Å²) >= 11 is 0. The van der Waals surface area contributed by atoms with Crippen LogP contribution in [0, 0.1) is 0 Å². The summed E-state index contributed by atoms with van der Waals surface area (Å²) in [4.78, 5) is 6.70. The Labute approximate surface area is 172 Å². The number of hydrogen-bond acceptors (Lipinski definition) is 2. The number of nitrogens with zero attached hydrogens (tertiary/aromatic N) is 2. The zero-order valence-corrected chi connectivity index (χ0v) is 16.6. The first-order chi connectivity index (χ1) is 14.3. The number of para-hydroxylation sites is 2. The van der Waals surface area contributed by atoms with E-state index >= 15 is 0 Å². The summed E-state index contributed by atoms with van der Waals surface area (Å²) in [5, 5.41) is 0. The second-order valence-electron chi connectivity index (χ2n) is 6.82. The molecule has 0 unspecified atom stereocenters. The van der Waals surface area contributed by atoms with E-state index in [2.05, 4.69) is 114 Å². The van der Waals surface area contributed by atoms with Crippen molar-refractivity contribution < 1.29 is 0 Å². The maximum Gasteiger partial charge on any atom is 0.0626 e. The SMILES string of the molecule is CCC=Nc1ccc(-c2ccc(N(c3ccccc3)c3ccccc3)cc2)cc1. The van der Waals surface area contributed by atoms with Crippen LogP contribution in [0.4, 0.5) is 22.7 Å². The standard InChI is InChI=1S/C27H24N2/c1-2-21-28-24-17-13-22(14-18-24)23-15-19-27(20-16-23)29(25-9-5-3-6-10-25)26-11-7-4-8-12-26/h3-21H,2H2,1H3. The normalized spacial score (nSPS) is 10.9. The molecule has 0 saturated carbocycles. The molecule has 0 atom stereocenters. The minimum atomic E-state index is 0.947. The van der Waals surface area contributed by atoms with Crippen molar-refractivity contribution in [1.29, 1.82) is 0 Å². The van der Waals surface area contributed by atoms with Crippen molar-refractivity contribution >= 4 is 29.0 Å². The fourth-order valence-corrected chi connectivity index (χ4v) is 3.34. The molecule has 0 amide bonds. The van der Waals surface area contributed by atoms with Crippen LogP contribution in [0.25, 0.3) is 11.1 Å². The average molecular weight is 377 g/mol. The minimum absolute atomic E-state index is 0.947. The van der Waals surface area contributed by atoms with Gasteiger partial charge in [0, 0.05) is 23.3 Å². The number of aliphatic imine (C=N–C) groups is 1. The van der Waals surface area contributed by atoms with Crippen LogP contribution >= 0.6 is 0 Å². The molecular formula is C27H24N2. The van der Waals surface area contributed by atoms with Gasteiger partial charge in [-0.2, -0.15) is 0 Å². The molecule has 0 N–H and O–H groups in total. The van der Waals surface area contributed by atoms with Crippen molar-refractivity contribution in [3.63, 3.8) is 0 Å². The molecule has 0 aromatic heterocycles. The van der Waals surface area contributed by atoms with Crippen LogP contribution in [0.2, 0.25) is 0 Å². The van der Waals surface area contributed by atoms with E-state index < -0.39 is 0 Å². The van der Waals surface area contributed by atoms with Crippen LogP contribution in [0.3, 0.4) is 0 Å². The Morgan fingerprint density at radius 1 is 0.586 bits per heavy atom. The third-order valence-electron chi connectivity index (χ3n) is 4.78. The molecule has 2 heteroatoms. The fraction of sp³-hybridized carbons (Fsp3) is 0.0741. The molecule has 4 aromatic carbocycles. The number of rotatable bonds is 6. The quantitative estimate of drug-likeness (QED) is 0.312. The zero-order chi connectivity index (χ0) is 19.9. The summed E-state index contributed by atoms with van der Waals surface area (Å²) < 4.78 is 0. The highest BCUT2D eigenvalue weighted by Gasteiger charge is 2.11. The van der Waals surface area contributed by atoms with Crippen molar-refractivity contribution in [2.24, 2.45) is 4.99 Å². The molecule has 0 saturated heterocycles. The summed E-state index contributed by atoms with van der Waals surface area (Å²) in [6, 6.07) is 38.0. The fourth-order valence-electron chi connectivity index (χ4n) is 3.34. The Hall–Kier alpha value is -3.65. The molecule has 0 spiro atoms. The second-order valence-corrected chi connectivity index (χ2v) is 6.82. The van der Waals surface area contributed by atoms with Gasteiger partial charge in [0.15, 0.2) is 0 Å². The molecule has 0 bridgehead atoms. The van der Waals surface area contributed by atoms with Crippen LogP contribution in [0.1, 0.15) is 13.3 Å². The highest BCUT2D eigenvalue weighted by Crippen LogP contribution is 2.35. The van der Waals surface area contributed by atoms with Crippen LogP contribution in [0.15, 0.2) is 114 Å². The Morgan fingerprint density at radius 3 is 1.52 bits per heavy atom. The number of anilines is 3. The van der Waals surface area contributed by atoms with E-state index in [9.17, 15) is 0 Å². The largest absolute Gasteiger partial charge is 0.311 e. The van der Waals surface area contributed by atoms with Gasteiger partial charge in [0.1, 0.15) is 0 Å². The summed E-state index contributed by atoms with van der Waals surface area (Å²) in [5.41, 5.74) is 6.80. The highest BCUT2D eigenvalue weighted by molar-refractivity contribution is 5.78. The lowest BCUT2D eigenvalue weighted by molar-refractivity contribution is 1.28. The second kappa shape index (κ2) is 9.03. The van der Waals surface area contributed by atoms with E-state index in [0.29, 0.717) is 0 Å². The van der Waals surface area contributed by atoms with Gasteiger partial charge < -0.3 is 4.90 Å². The van der Waals surface area contributed by atoms with Gasteiger partial charge in [-0.3, -0.25) is 4.99 Å². The molecule has 0 fully saturated rings. The summed E-state index contributed by atoms with van der Waals surface area (Å²) in [7, 11) is 0. The predicted molar refractivity (Wildman–Crippen MR) is 125 cm³/mol. The molecule has 0 radical (unpaired) electrons. The molecule has 4 aromatic rings. The lowest BCUT2D eigenvalue weighted by atomic mass is 10.0. The first-order valence-corrected chi connectivity index (χ1v) is 9.98. The predicted octanol–water partition coefficient (Wildman–Crippen LogP) is 7.94. The molecule has 142 valence electrons. The average Bonchev–Trinajstić information content (AvgIpc) is 2.80. The Balaban J connectivity index is 1.65. The monoisotopic (exact) mass is 376 g/mol. The molecule has 29 heavy (non-hydrogen) atoms. The molecule has 0 aliphatic carbocycles. The summed E-state index contributed by atoms with van der Waals surface area (Å²) in [6.07, 6.45) is 2.88. The van der Waals surface area contributed by atoms with Gasteiger partial charge in [0.2, 0.25) is 0 Å². The maximum absolute atomic E-state index is 4.43. The van der Waals surface area contributed by atoms with Gasteiger partial charge in [-0.25, -0.2) is 0 Å². The Bertz CT molecular complexity index is 1010. The van der Waals surface area contributed by atoms with E-state index in [4.69, 9.17) is 0 Å². The third kappa shape index (κ3) is 4.44. The molecule has 0 aliphatic rings. The van der Waals surface area contributed by atoms with Gasteiger partial charge in [0.25, 0.3) is 0 Å². The van der Waals surface area contributed by atoms with E-state index in [0.717, 1.165) is 29.2 Å². The zero-order valence-electron chi connectivity index (χ0n) is 16.6. The lowest BCUT2D eigenvalue weighted by Gasteiger charge is -2.25. The summed E-state index contributed by atoms with van der Waals surface area (Å²) in [5.74, 6) is 0. The van der Waals surface area contributed by atoms with Crippen LogP contribution in [-0.2, 0) is 0 Å². The number of hydrogen-bond donors (Lipinski definition) is 0. The molecule has 0 aliphatic heterocycles. The summed E-state index contributed by atoms with van der Waals surface area (Å²) in [6.45, 7) is 2.09. The van der Waals surface area contributed by atoms with E-state index in [1.165, 1.54) is 11.1 Å². The maximum atomic E-state index is 4.43. The van der Waals surface area contributed by atoms with E-state index in [1.54, 1.807) is 0 Å². The minimum Gasteiger partial charge on any atom is -0.311 e. The molecule has 0 heterocycles. The van der Waals surface area contributed by atoms with Gasteiger partial charge in [0.05, 0.1) is 5.69 Å². The van der Waals surface area contributed by atoms with Crippen LogP contribution < -0.4 is 4.90 Å². The first-order valence-electron chi connectivity index (χ1n) is 9.98. The highest BCUT2D eigenvalue weighted by atomic mass is 15.1. The van der Waals surface area contributed by atoms with Gasteiger partial charge in [-0.15, -0.1) is 0 Å². The Kier molecular flexibility index (Phi) is 5.82. The molecule has 2 nitrogen and oxygen atoms in total. The topological polar surface area (TPSA) is 15.6 Å². The van der Waals surface area contributed by atoms with Gasteiger partial charge in [-0.1, -0.05) is 67.6 Å². The van der Waals surface area contributed by atoms with Gasteiger partial charge in [-0.05, 0) is 66.1 Å². The van der Waals surface area contributed by atoms with Crippen LogP contribution in [-0.4, -0.2) is 6.21 Å².